The molecule has 0 saturated heterocycles. The molecule has 0 aliphatic carbocycles. The van der Waals surface area contributed by atoms with Crippen molar-refractivity contribution in [3.05, 3.63) is 65.2 Å². The van der Waals surface area contributed by atoms with E-state index in [4.69, 9.17) is 17.0 Å². The number of carbonyl (C=O) groups is 1. The van der Waals surface area contributed by atoms with E-state index in [-0.39, 0.29) is 5.91 Å². The fourth-order valence-corrected chi connectivity index (χ4v) is 2.37. The Bertz CT molecular complexity index is 714. The number of unbranched alkanes of at least 4 members (excludes halogenated alkanes) is 1. The molecule has 0 atom stereocenters. The van der Waals surface area contributed by atoms with Crippen LogP contribution in [0.4, 0.5) is 0 Å². The molecule has 2 aromatic rings. The molecule has 4 nitrogen and oxygen atoms in total. The topological polar surface area (TPSA) is 50.4 Å². The molecule has 0 saturated carbocycles. The van der Waals surface area contributed by atoms with E-state index in [0.29, 0.717) is 29.6 Å². The highest BCUT2D eigenvalue weighted by molar-refractivity contribution is 7.80. The Hall–Kier alpha value is -2.40. The first-order chi connectivity index (χ1) is 12.1. The highest BCUT2D eigenvalue weighted by Crippen LogP contribution is 2.18. The van der Waals surface area contributed by atoms with Crippen molar-refractivity contribution >= 4 is 23.2 Å². The van der Waals surface area contributed by atoms with Crippen molar-refractivity contribution in [3.63, 3.8) is 0 Å². The van der Waals surface area contributed by atoms with Gasteiger partial charge >= 0.3 is 0 Å². The summed E-state index contributed by atoms with van der Waals surface area (Å²) in [5.74, 6) is 0.309. The van der Waals surface area contributed by atoms with E-state index in [1.54, 1.807) is 12.1 Å². The molecule has 0 aromatic heterocycles. The van der Waals surface area contributed by atoms with Crippen molar-refractivity contribution in [2.45, 2.75) is 33.2 Å². The average molecular weight is 356 g/mol. The molecule has 0 unspecified atom stereocenters. The highest BCUT2D eigenvalue weighted by atomic mass is 32.1. The second-order valence-corrected chi connectivity index (χ2v) is 6.23. The summed E-state index contributed by atoms with van der Waals surface area (Å²) in [6.45, 7) is 5.30. The van der Waals surface area contributed by atoms with Crippen LogP contribution in [0.15, 0.2) is 48.5 Å². The van der Waals surface area contributed by atoms with Crippen LogP contribution in [-0.4, -0.2) is 17.6 Å². The molecule has 0 bridgehead atoms. The molecular weight excluding hydrogens is 332 g/mol. The van der Waals surface area contributed by atoms with E-state index in [2.05, 4.69) is 17.6 Å². The summed E-state index contributed by atoms with van der Waals surface area (Å²) in [7, 11) is 0. The molecule has 2 N–H and O–H groups in total. The summed E-state index contributed by atoms with van der Waals surface area (Å²) >= 11 is 5.22. The SMILES string of the molecule is CCCCOc1ccccc1C(=O)NC(=S)NCc1ccc(C)cc1. The van der Waals surface area contributed by atoms with E-state index in [9.17, 15) is 4.79 Å². The molecule has 0 aliphatic heterocycles. The maximum Gasteiger partial charge on any atom is 0.261 e. The molecule has 132 valence electrons. The number of benzene rings is 2. The summed E-state index contributed by atoms with van der Waals surface area (Å²) in [5, 5.41) is 6.06. The smallest absolute Gasteiger partial charge is 0.261 e. The second kappa shape index (κ2) is 9.79. The summed E-state index contributed by atoms with van der Waals surface area (Å²) in [6, 6.07) is 15.3. The van der Waals surface area contributed by atoms with Gasteiger partial charge in [0, 0.05) is 6.54 Å². The van der Waals surface area contributed by atoms with Crippen molar-refractivity contribution in [2.24, 2.45) is 0 Å². The first-order valence-electron chi connectivity index (χ1n) is 8.46. The van der Waals surface area contributed by atoms with Crippen LogP contribution in [0.5, 0.6) is 5.75 Å². The van der Waals surface area contributed by atoms with Gasteiger partial charge in [-0.2, -0.15) is 0 Å². The van der Waals surface area contributed by atoms with Crippen LogP contribution in [0.2, 0.25) is 0 Å². The maximum absolute atomic E-state index is 12.4. The predicted octanol–water partition coefficient (Wildman–Crippen LogP) is 3.98. The number of para-hydroxylation sites is 1. The lowest BCUT2D eigenvalue weighted by atomic mass is 10.1. The van der Waals surface area contributed by atoms with Gasteiger partial charge in [-0.3, -0.25) is 10.1 Å². The normalized spacial score (nSPS) is 10.2. The Kier molecular flexibility index (Phi) is 7.41. The van der Waals surface area contributed by atoms with E-state index in [0.717, 1.165) is 18.4 Å². The van der Waals surface area contributed by atoms with E-state index in [1.807, 2.05) is 43.3 Å². The minimum atomic E-state index is -0.270. The molecular formula is C20H24N2O2S. The number of aryl methyl sites for hydroxylation is 1. The zero-order chi connectivity index (χ0) is 18.1. The average Bonchev–Trinajstić information content (AvgIpc) is 2.62. The summed E-state index contributed by atoms with van der Waals surface area (Å²) < 4.78 is 5.70. The minimum absolute atomic E-state index is 0.270. The fourth-order valence-electron chi connectivity index (χ4n) is 2.21. The molecule has 0 spiro atoms. The summed E-state index contributed by atoms with van der Waals surface area (Å²) in [5.41, 5.74) is 2.79. The van der Waals surface area contributed by atoms with Gasteiger partial charge in [0.05, 0.1) is 12.2 Å². The van der Waals surface area contributed by atoms with Crippen LogP contribution in [-0.2, 0) is 6.54 Å². The van der Waals surface area contributed by atoms with Gasteiger partial charge in [-0.15, -0.1) is 0 Å². The molecule has 0 heterocycles. The van der Waals surface area contributed by atoms with Crippen molar-refractivity contribution < 1.29 is 9.53 Å². The van der Waals surface area contributed by atoms with Crippen LogP contribution in [0.3, 0.4) is 0 Å². The Morgan fingerprint density at radius 3 is 2.56 bits per heavy atom. The number of hydrogen-bond donors (Lipinski definition) is 2. The largest absolute Gasteiger partial charge is 0.493 e. The molecule has 2 rings (SSSR count). The maximum atomic E-state index is 12.4. The van der Waals surface area contributed by atoms with E-state index < -0.39 is 0 Å². The third kappa shape index (κ3) is 6.19. The monoisotopic (exact) mass is 356 g/mol. The van der Waals surface area contributed by atoms with Crippen LogP contribution < -0.4 is 15.4 Å². The third-order valence-electron chi connectivity index (χ3n) is 3.69. The van der Waals surface area contributed by atoms with Crippen molar-refractivity contribution in [1.82, 2.24) is 10.6 Å². The van der Waals surface area contributed by atoms with Gasteiger partial charge in [0.2, 0.25) is 0 Å². The van der Waals surface area contributed by atoms with Gasteiger partial charge in [0.1, 0.15) is 5.75 Å². The molecule has 5 heteroatoms. The fraction of sp³-hybridized carbons (Fsp3) is 0.300. The van der Waals surface area contributed by atoms with Crippen LogP contribution in [0.1, 0.15) is 41.3 Å². The Balaban J connectivity index is 1.90. The third-order valence-corrected chi connectivity index (χ3v) is 3.93. The lowest BCUT2D eigenvalue weighted by Gasteiger charge is -2.13. The summed E-state index contributed by atoms with van der Waals surface area (Å²) in [6.07, 6.45) is 1.99. The van der Waals surface area contributed by atoms with Crippen molar-refractivity contribution in [2.75, 3.05) is 6.61 Å². The Labute approximate surface area is 154 Å². The van der Waals surface area contributed by atoms with E-state index >= 15 is 0 Å². The van der Waals surface area contributed by atoms with Gasteiger partial charge in [0.15, 0.2) is 5.11 Å². The quantitative estimate of drug-likeness (QED) is 0.582. The minimum Gasteiger partial charge on any atom is -0.493 e. The van der Waals surface area contributed by atoms with Gasteiger partial charge in [-0.25, -0.2) is 0 Å². The Morgan fingerprint density at radius 2 is 1.84 bits per heavy atom. The number of ether oxygens (including phenoxy) is 1. The molecule has 0 radical (unpaired) electrons. The number of rotatable bonds is 7. The zero-order valence-electron chi connectivity index (χ0n) is 14.7. The van der Waals surface area contributed by atoms with Crippen molar-refractivity contribution in [3.8, 4) is 5.75 Å². The summed E-state index contributed by atoms with van der Waals surface area (Å²) in [4.78, 5) is 12.4. The standard InChI is InChI=1S/C20H24N2O2S/c1-3-4-13-24-18-8-6-5-7-17(18)19(23)22-20(25)21-14-16-11-9-15(2)10-12-16/h5-12H,3-4,13-14H2,1-2H3,(H2,21,22,23,25). The number of thiocarbonyl (C=S) groups is 1. The first kappa shape index (κ1) is 18.9. The van der Waals surface area contributed by atoms with Gasteiger partial charge < -0.3 is 10.1 Å². The predicted molar refractivity (Wildman–Crippen MR) is 105 cm³/mol. The second-order valence-electron chi connectivity index (χ2n) is 5.82. The lowest BCUT2D eigenvalue weighted by Crippen LogP contribution is -2.39. The lowest BCUT2D eigenvalue weighted by molar-refractivity contribution is 0.0972. The van der Waals surface area contributed by atoms with E-state index in [1.165, 1.54) is 5.56 Å². The number of amides is 1. The van der Waals surface area contributed by atoms with Gasteiger partial charge in [0.25, 0.3) is 5.91 Å². The molecule has 0 fully saturated rings. The molecule has 0 aliphatic rings. The zero-order valence-corrected chi connectivity index (χ0v) is 15.5. The molecule has 1 amide bonds. The van der Waals surface area contributed by atoms with Crippen LogP contribution >= 0.6 is 12.2 Å². The highest BCUT2D eigenvalue weighted by Gasteiger charge is 2.13. The van der Waals surface area contributed by atoms with Crippen LogP contribution in [0.25, 0.3) is 0 Å². The van der Waals surface area contributed by atoms with Gasteiger partial charge in [-0.1, -0.05) is 55.3 Å². The van der Waals surface area contributed by atoms with Crippen LogP contribution in [0, 0.1) is 6.92 Å². The number of hydrogen-bond acceptors (Lipinski definition) is 3. The Morgan fingerprint density at radius 1 is 1.12 bits per heavy atom. The van der Waals surface area contributed by atoms with Crippen molar-refractivity contribution in [1.29, 1.82) is 0 Å². The molecule has 2 aromatic carbocycles. The number of carbonyl (C=O) groups excluding carboxylic acids is 1. The van der Waals surface area contributed by atoms with Gasteiger partial charge in [-0.05, 0) is 43.3 Å². The number of nitrogens with one attached hydrogen (secondary N) is 2. The molecule has 25 heavy (non-hydrogen) atoms. The first-order valence-corrected chi connectivity index (χ1v) is 8.87.